The van der Waals surface area contributed by atoms with Gasteiger partial charge in [0.25, 0.3) is 5.91 Å². The van der Waals surface area contributed by atoms with E-state index in [4.69, 9.17) is 16.3 Å². The first kappa shape index (κ1) is 15.8. The highest BCUT2D eigenvalue weighted by atomic mass is 127. The third-order valence-corrected chi connectivity index (χ3v) is 3.90. The molecule has 0 saturated carbocycles. The Hall–Kier alpha value is -1.60. The lowest BCUT2D eigenvalue weighted by Gasteiger charge is -2.07. The van der Waals surface area contributed by atoms with E-state index in [0.29, 0.717) is 16.3 Å². The second kappa shape index (κ2) is 7.42. The minimum Gasteiger partial charge on any atom is -0.496 e. The monoisotopic (exact) mass is 414 g/mol. The van der Waals surface area contributed by atoms with Crippen LogP contribution in [0.4, 0.5) is 0 Å². The molecule has 0 saturated heterocycles. The van der Waals surface area contributed by atoms with Gasteiger partial charge in [-0.1, -0.05) is 29.8 Å². The van der Waals surface area contributed by atoms with Crippen molar-refractivity contribution in [2.75, 3.05) is 7.11 Å². The van der Waals surface area contributed by atoms with E-state index in [1.807, 2.05) is 24.3 Å². The predicted molar refractivity (Wildman–Crippen MR) is 92.2 cm³/mol. The number of amides is 1. The third kappa shape index (κ3) is 4.18. The van der Waals surface area contributed by atoms with Crippen molar-refractivity contribution in [2.45, 2.75) is 0 Å². The smallest absolute Gasteiger partial charge is 0.275 e. The van der Waals surface area contributed by atoms with Gasteiger partial charge in [-0.15, -0.1) is 0 Å². The molecule has 2 rings (SSSR count). The summed E-state index contributed by atoms with van der Waals surface area (Å²) in [5.41, 5.74) is 3.73. The molecule has 0 unspecified atom stereocenters. The number of hydrogen-bond donors (Lipinski definition) is 1. The van der Waals surface area contributed by atoms with Crippen LogP contribution in [0.2, 0.25) is 5.02 Å². The Labute approximate surface area is 141 Å². The Kier molecular flexibility index (Phi) is 5.58. The molecule has 108 valence electrons. The molecule has 0 fully saturated rings. The maximum Gasteiger partial charge on any atom is 0.275 e. The molecule has 2 aromatic carbocycles. The van der Waals surface area contributed by atoms with Crippen molar-refractivity contribution in [3.05, 3.63) is 62.2 Å². The summed E-state index contributed by atoms with van der Waals surface area (Å²) in [6, 6.07) is 12.6. The second-order valence-electron chi connectivity index (χ2n) is 4.07. The number of methoxy groups -OCH3 is 1. The van der Waals surface area contributed by atoms with Gasteiger partial charge in [-0.25, -0.2) is 5.43 Å². The maximum absolute atomic E-state index is 12.1. The lowest BCUT2D eigenvalue weighted by atomic mass is 10.2. The van der Waals surface area contributed by atoms with Crippen LogP contribution in [0.5, 0.6) is 5.75 Å². The van der Waals surface area contributed by atoms with E-state index in [0.717, 1.165) is 9.13 Å². The van der Waals surface area contributed by atoms with Gasteiger partial charge in [-0.2, -0.15) is 5.10 Å². The van der Waals surface area contributed by atoms with Crippen LogP contribution >= 0.6 is 34.2 Å². The Morgan fingerprint density at radius 1 is 1.33 bits per heavy atom. The number of nitrogens with zero attached hydrogens (tertiary/aromatic N) is 1. The van der Waals surface area contributed by atoms with Gasteiger partial charge < -0.3 is 4.74 Å². The Balaban J connectivity index is 2.12. The number of hydrazone groups is 1. The highest BCUT2D eigenvalue weighted by molar-refractivity contribution is 14.1. The summed E-state index contributed by atoms with van der Waals surface area (Å²) in [6.07, 6.45) is 1.59. The van der Waals surface area contributed by atoms with Crippen LogP contribution in [-0.4, -0.2) is 19.2 Å². The summed E-state index contributed by atoms with van der Waals surface area (Å²) in [7, 11) is 1.50. The van der Waals surface area contributed by atoms with E-state index in [1.165, 1.54) is 13.2 Å². The molecule has 6 heteroatoms. The molecule has 1 amide bonds. The van der Waals surface area contributed by atoms with Crippen molar-refractivity contribution in [3.63, 3.8) is 0 Å². The molecule has 0 aliphatic carbocycles. The molecule has 0 bridgehead atoms. The predicted octanol–water partition coefficient (Wildman–Crippen LogP) is 3.72. The van der Waals surface area contributed by atoms with Gasteiger partial charge in [-0.05, 0) is 46.9 Å². The molecule has 0 heterocycles. The van der Waals surface area contributed by atoms with Gasteiger partial charge in [-0.3, -0.25) is 4.79 Å². The van der Waals surface area contributed by atoms with E-state index < -0.39 is 0 Å². The second-order valence-corrected chi connectivity index (χ2v) is 5.66. The molecule has 0 aliphatic rings. The van der Waals surface area contributed by atoms with E-state index in [2.05, 4.69) is 33.1 Å². The summed E-state index contributed by atoms with van der Waals surface area (Å²) < 4.78 is 6.18. The van der Waals surface area contributed by atoms with Gasteiger partial charge in [0.2, 0.25) is 0 Å². The van der Waals surface area contributed by atoms with E-state index in [1.54, 1.807) is 18.3 Å². The van der Waals surface area contributed by atoms with Crippen molar-refractivity contribution in [2.24, 2.45) is 5.10 Å². The molecule has 0 aliphatic heterocycles. The number of hydrogen-bond acceptors (Lipinski definition) is 3. The fourth-order valence-corrected chi connectivity index (χ4v) is 2.36. The highest BCUT2D eigenvalue weighted by Gasteiger charge is 2.12. The maximum atomic E-state index is 12.1. The number of nitrogens with one attached hydrogen (secondary N) is 1. The first-order valence-corrected chi connectivity index (χ1v) is 7.49. The van der Waals surface area contributed by atoms with E-state index >= 15 is 0 Å². The SMILES string of the molecule is COc1ccc(Cl)cc1C(=O)N/N=C/c1ccccc1I. The Morgan fingerprint density at radius 2 is 2.10 bits per heavy atom. The number of ether oxygens (including phenoxy) is 1. The minimum absolute atomic E-state index is 0.338. The summed E-state index contributed by atoms with van der Waals surface area (Å²) in [5, 5.41) is 4.42. The molecular formula is C15H12ClIN2O2. The number of carbonyl (C=O) groups excluding carboxylic acids is 1. The van der Waals surface area contributed by atoms with Gasteiger partial charge in [0, 0.05) is 14.2 Å². The van der Waals surface area contributed by atoms with Crippen LogP contribution in [0.25, 0.3) is 0 Å². The molecule has 0 radical (unpaired) electrons. The first-order chi connectivity index (χ1) is 10.1. The topological polar surface area (TPSA) is 50.7 Å². The van der Waals surface area contributed by atoms with Gasteiger partial charge in [0.05, 0.1) is 18.9 Å². The molecule has 1 N–H and O–H groups in total. The number of benzene rings is 2. The van der Waals surface area contributed by atoms with Crippen molar-refractivity contribution < 1.29 is 9.53 Å². The lowest BCUT2D eigenvalue weighted by Crippen LogP contribution is -2.18. The van der Waals surface area contributed by atoms with Crippen LogP contribution in [0, 0.1) is 3.57 Å². The molecule has 0 atom stereocenters. The average molecular weight is 415 g/mol. The van der Waals surface area contributed by atoms with Crippen molar-refractivity contribution in [1.29, 1.82) is 0 Å². The quantitative estimate of drug-likeness (QED) is 0.471. The normalized spacial score (nSPS) is 10.6. The first-order valence-electron chi connectivity index (χ1n) is 6.03. The van der Waals surface area contributed by atoms with E-state index in [9.17, 15) is 4.79 Å². The Bertz CT molecular complexity index is 689. The molecular weight excluding hydrogens is 403 g/mol. The number of carbonyl (C=O) groups is 1. The van der Waals surface area contributed by atoms with Crippen LogP contribution in [-0.2, 0) is 0 Å². The molecule has 21 heavy (non-hydrogen) atoms. The van der Waals surface area contributed by atoms with Gasteiger partial charge >= 0.3 is 0 Å². The summed E-state index contributed by atoms with van der Waals surface area (Å²) in [5.74, 6) is 0.0675. The van der Waals surface area contributed by atoms with E-state index in [-0.39, 0.29) is 5.91 Å². The van der Waals surface area contributed by atoms with Crippen LogP contribution in [0.3, 0.4) is 0 Å². The lowest BCUT2D eigenvalue weighted by molar-refractivity contribution is 0.0952. The third-order valence-electron chi connectivity index (χ3n) is 2.68. The largest absolute Gasteiger partial charge is 0.496 e. The van der Waals surface area contributed by atoms with Crippen molar-refractivity contribution >= 4 is 46.3 Å². The average Bonchev–Trinajstić information content (AvgIpc) is 2.49. The molecule has 0 spiro atoms. The summed E-state index contributed by atoms with van der Waals surface area (Å²) in [4.78, 5) is 12.1. The molecule has 4 nitrogen and oxygen atoms in total. The van der Waals surface area contributed by atoms with Crippen molar-refractivity contribution in [1.82, 2.24) is 5.43 Å². The van der Waals surface area contributed by atoms with Crippen LogP contribution in [0.1, 0.15) is 15.9 Å². The standard InChI is InChI=1S/C15H12ClIN2O2/c1-21-14-7-6-11(16)8-12(14)15(20)19-18-9-10-4-2-3-5-13(10)17/h2-9H,1H3,(H,19,20)/b18-9+. The zero-order valence-electron chi connectivity index (χ0n) is 11.1. The fourth-order valence-electron chi connectivity index (χ4n) is 1.66. The van der Waals surface area contributed by atoms with Gasteiger partial charge in [0.15, 0.2) is 0 Å². The Morgan fingerprint density at radius 3 is 2.81 bits per heavy atom. The zero-order valence-corrected chi connectivity index (χ0v) is 14.1. The van der Waals surface area contributed by atoms with Crippen LogP contribution in [0.15, 0.2) is 47.6 Å². The van der Waals surface area contributed by atoms with Gasteiger partial charge in [0.1, 0.15) is 5.75 Å². The molecule has 0 aromatic heterocycles. The molecule has 2 aromatic rings. The highest BCUT2D eigenvalue weighted by Crippen LogP contribution is 2.22. The fraction of sp³-hybridized carbons (Fsp3) is 0.0667. The zero-order chi connectivity index (χ0) is 15.2. The summed E-state index contributed by atoms with van der Waals surface area (Å²) >= 11 is 8.10. The van der Waals surface area contributed by atoms with Crippen LogP contribution < -0.4 is 10.2 Å². The van der Waals surface area contributed by atoms with Crippen molar-refractivity contribution in [3.8, 4) is 5.75 Å². The minimum atomic E-state index is -0.378. The number of halogens is 2. The number of rotatable bonds is 4. The summed E-state index contributed by atoms with van der Waals surface area (Å²) in [6.45, 7) is 0.